The minimum atomic E-state index is 1.21. The SMILES string of the molecule is CCCCC/C=C\c1ccccc1. The molecule has 0 atom stereocenters. The van der Waals surface area contributed by atoms with Gasteiger partial charge in [0.15, 0.2) is 0 Å². The van der Waals surface area contributed by atoms with Gasteiger partial charge in [-0.3, -0.25) is 0 Å². The Bertz CT molecular complexity index is 233. The molecular weight excluding hydrogens is 156 g/mol. The molecule has 0 spiro atoms. The Morgan fingerprint density at radius 1 is 1.08 bits per heavy atom. The zero-order valence-electron chi connectivity index (χ0n) is 8.37. The monoisotopic (exact) mass is 174 g/mol. The molecule has 0 aliphatic heterocycles. The summed E-state index contributed by atoms with van der Waals surface area (Å²) in [4.78, 5) is 0. The number of benzene rings is 1. The Labute approximate surface area is 81.3 Å². The minimum absolute atomic E-state index is 1.21. The van der Waals surface area contributed by atoms with E-state index in [0.29, 0.717) is 0 Å². The van der Waals surface area contributed by atoms with E-state index in [2.05, 4.69) is 49.4 Å². The molecule has 0 fully saturated rings. The van der Waals surface area contributed by atoms with E-state index in [1.807, 2.05) is 0 Å². The molecule has 1 aromatic rings. The van der Waals surface area contributed by atoms with Crippen molar-refractivity contribution in [2.24, 2.45) is 0 Å². The zero-order chi connectivity index (χ0) is 9.36. The highest BCUT2D eigenvalue weighted by atomic mass is 13.9. The average molecular weight is 174 g/mol. The summed E-state index contributed by atoms with van der Waals surface area (Å²) in [6.45, 7) is 2.24. The summed E-state index contributed by atoms with van der Waals surface area (Å²) >= 11 is 0. The molecule has 0 N–H and O–H groups in total. The van der Waals surface area contributed by atoms with E-state index in [9.17, 15) is 0 Å². The van der Waals surface area contributed by atoms with Gasteiger partial charge in [-0.25, -0.2) is 0 Å². The topological polar surface area (TPSA) is 0 Å². The fraction of sp³-hybridized carbons (Fsp3) is 0.385. The van der Waals surface area contributed by atoms with Crippen LogP contribution in [0.25, 0.3) is 6.08 Å². The normalized spacial score (nSPS) is 10.8. The van der Waals surface area contributed by atoms with Crippen LogP contribution >= 0.6 is 0 Å². The maximum atomic E-state index is 2.27. The number of rotatable bonds is 5. The highest BCUT2D eigenvalue weighted by Crippen LogP contribution is 2.04. The van der Waals surface area contributed by atoms with E-state index >= 15 is 0 Å². The van der Waals surface area contributed by atoms with Crippen LogP contribution in [0.1, 0.15) is 38.2 Å². The third-order valence-electron chi connectivity index (χ3n) is 2.08. The molecule has 0 aliphatic rings. The quantitative estimate of drug-likeness (QED) is 0.584. The second kappa shape index (κ2) is 6.47. The lowest BCUT2D eigenvalue weighted by Gasteiger charge is -1.92. The summed E-state index contributed by atoms with van der Waals surface area (Å²) in [6, 6.07) is 10.5. The van der Waals surface area contributed by atoms with Crippen molar-refractivity contribution in [3.8, 4) is 0 Å². The summed E-state index contributed by atoms with van der Waals surface area (Å²) in [5, 5.41) is 0. The Kier molecular flexibility index (Phi) is 5.00. The van der Waals surface area contributed by atoms with Crippen LogP contribution in [0.5, 0.6) is 0 Å². The van der Waals surface area contributed by atoms with E-state index in [0.717, 1.165) is 0 Å². The lowest BCUT2D eigenvalue weighted by atomic mass is 10.1. The van der Waals surface area contributed by atoms with Crippen LogP contribution in [0, 0.1) is 0 Å². The highest BCUT2D eigenvalue weighted by molar-refractivity contribution is 5.48. The Hall–Kier alpha value is -1.04. The van der Waals surface area contributed by atoms with E-state index in [1.54, 1.807) is 0 Å². The molecule has 0 radical (unpaired) electrons. The van der Waals surface area contributed by atoms with Gasteiger partial charge in [0.25, 0.3) is 0 Å². The maximum Gasteiger partial charge on any atom is -0.0260 e. The van der Waals surface area contributed by atoms with Crippen LogP contribution in [0.15, 0.2) is 36.4 Å². The zero-order valence-corrected chi connectivity index (χ0v) is 8.37. The van der Waals surface area contributed by atoms with Crippen molar-refractivity contribution in [1.82, 2.24) is 0 Å². The molecule has 0 aromatic heterocycles. The van der Waals surface area contributed by atoms with E-state index in [1.165, 1.54) is 31.2 Å². The average Bonchev–Trinajstić information content (AvgIpc) is 2.19. The number of allylic oxidation sites excluding steroid dienone is 1. The van der Waals surface area contributed by atoms with Crippen LogP contribution < -0.4 is 0 Å². The molecule has 0 heteroatoms. The molecule has 1 aromatic carbocycles. The second-order valence-electron chi connectivity index (χ2n) is 3.31. The lowest BCUT2D eigenvalue weighted by molar-refractivity contribution is 0.730. The molecule has 0 saturated heterocycles. The van der Waals surface area contributed by atoms with Crippen LogP contribution in [-0.2, 0) is 0 Å². The number of unbranched alkanes of at least 4 members (excludes halogenated alkanes) is 3. The van der Waals surface area contributed by atoms with Crippen LogP contribution in [0.4, 0.5) is 0 Å². The van der Waals surface area contributed by atoms with Gasteiger partial charge in [0.2, 0.25) is 0 Å². The minimum Gasteiger partial charge on any atom is -0.0839 e. The van der Waals surface area contributed by atoms with Crippen molar-refractivity contribution < 1.29 is 0 Å². The van der Waals surface area contributed by atoms with Gasteiger partial charge in [-0.05, 0) is 18.4 Å². The third kappa shape index (κ3) is 4.51. The molecule has 1 rings (SSSR count). The van der Waals surface area contributed by atoms with Crippen molar-refractivity contribution in [2.75, 3.05) is 0 Å². The first kappa shape index (κ1) is 10.0. The number of hydrogen-bond acceptors (Lipinski definition) is 0. The van der Waals surface area contributed by atoms with Gasteiger partial charge in [-0.15, -0.1) is 0 Å². The smallest absolute Gasteiger partial charge is 0.0260 e. The van der Waals surface area contributed by atoms with Gasteiger partial charge < -0.3 is 0 Å². The standard InChI is InChI=1S/C13H18/c1-2-3-4-5-7-10-13-11-8-6-9-12-13/h6-12H,2-5H2,1H3/b10-7-. The van der Waals surface area contributed by atoms with Gasteiger partial charge in [0, 0.05) is 0 Å². The van der Waals surface area contributed by atoms with Crippen molar-refractivity contribution in [3.05, 3.63) is 42.0 Å². The molecule has 0 nitrogen and oxygen atoms in total. The first-order chi connectivity index (χ1) is 6.43. The number of hydrogen-bond donors (Lipinski definition) is 0. The van der Waals surface area contributed by atoms with Crippen molar-refractivity contribution in [1.29, 1.82) is 0 Å². The van der Waals surface area contributed by atoms with Gasteiger partial charge in [-0.1, -0.05) is 62.2 Å². The molecule has 0 aliphatic carbocycles. The fourth-order valence-corrected chi connectivity index (χ4v) is 1.30. The second-order valence-corrected chi connectivity index (χ2v) is 3.31. The molecule has 13 heavy (non-hydrogen) atoms. The molecule has 0 heterocycles. The summed E-state index contributed by atoms with van der Waals surface area (Å²) < 4.78 is 0. The first-order valence-electron chi connectivity index (χ1n) is 5.15. The van der Waals surface area contributed by atoms with Crippen LogP contribution in [0.2, 0.25) is 0 Å². The fourth-order valence-electron chi connectivity index (χ4n) is 1.30. The predicted molar refractivity (Wildman–Crippen MR) is 59.6 cm³/mol. The molecule has 0 amide bonds. The van der Waals surface area contributed by atoms with Crippen LogP contribution in [-0.4, -0.2) is 0 Å². The Balaban J connectivity index is 2.25. The van der Waals surface area contributed by atoms with Crippen molar-refractivity contribution in [3.63, 3.8) is 0 Å². The van der Waals surface area contributed by atoms with Gasteiger partial charge in [0.1, 0.15) is 0 Å². The summed E-state index contributed by atoms with van der Waals surface area (Å²) in [6.07, 6.45) is 9.65. The highest BCUT2D eigenvalue weighted by Gasteiger charge is 1.83. The van der Waals surface area contributed by atoms with Crippen LogP contribution in [0.3, 0.4) is 0 Å². The Morgan fingerprint density at radius 3 is 2.54 bits per heavy atom. The van der Waals surface area contributed by atoms with Crippen molar-refractivity contribution >= 4 is 6.08 Å². The summed E-state index contributed by atoms with van der Waals surface area (Å²) in [5.74, 6) is 0. The van der Waals surface area contributed by atoms with E-state index in [4.69, 9.17) is 0 Å². The summed E-state index contributed by atoms with van der Waals surface area (Å²) in [5.41, 5.74) is 1.30. The van der Waals surface area contributed by atoms with Crippen molar-refractivity contribution in [2.45, 2.75) is 32.6 Å². The largest absolute Gasteiger partial charge is 0.0839 e. The molecule has 0 saturated carbocycles. The maximum absolute atomic E-state index is 2.27. The molecule has 0 bridgehead atoms. The predicted octanol–water partition coefficient (Wildman–Crippen LogP) is 4.28. The van der Waals surface area contributed by atoms with Gasteiger partial charge in [-0.2, -0.15) is 0 Å². The van der Waals surface area contributed by atoms with E-state index in [-0.39, 0.29) is 0 Å². The van der Waals surface area contributed by atoms with Gasteiger partial charge in [0.05, 0.1) is 0 Å². The molecular formula is C13H18. The molecule has 0 unspecified atom stereocenters. The van der Waals surface area contributed by atoms with Gasteiger partial charge >= 0.3 is 0 Å². The molecule has 70 valence electrons. The first-order valence-corrected chi connectivity index (χ1v) is 5.15. The Morgan fingerprint density at radius 2 is 1.85 bits per heavy atom. The lowest BCUT2D eigenvalue weighted by Crippen LogP contribution is -1.72. The third-order valence-corrected chi connectivity index (χ3v) is 2.08. The van der Waals surface area contributed by atoms with E-state index < -0.39 is 0 Å². The summed E-state index contributed by atoms with van der Waals surface area (Å²) in [7, 11) is 0.